The first-order chi connectivity index (χ1) is 10.7. The maximum atomic E-state index is 10.6. The van der Waals surface area contributed by atoms with Crippen molar-refractivity contribution < 1.29 is 34.1 Å². The number of hydrogen-bond donors (Lipinski definition) is 4. The van der Waals surface area contributed by atoms with Gasteiger partial charge in [0.05, 0.1) is 0 Å². The Hall–Kier alpha value is -2.55. The molecule has 0 aliphatic carbocycles. The summed E-state index contributed by atoms with van der Waals surface area (Å²) in [5, 5.41) is 19.3. The van der Waals surface area contributed by atoms with Gasteiger partial charge in [0.15, 0.2) is 0 Å². The summed E-state index contributed by atoms with van der Waals surface area (Å²) in [4.78, 5) is 41.7. The molecule has 0 spiro atoms. The number of carboxylic acid groups (broad SMARTS) is 2. The normalized spacial score (nSPS) is 10.6. The lowest BCUT2D eigenvalue weighted by Gasteiger charge is -2.08. The van der Waals surface area contributed by atoms with E-state index in [1.54, 1.807) is 12.1 Å². The van der Waals surface area contributed by atoms with Gasteiger partial charge >= 0.3 is 17.9 Å². The van der Waals surface area contributed by atoms with Gasteiger partial charge in [-0.3, -0.25) is 9.59 Å². The number of esters is 1. The molecule has 0 bridgehead atoms. The molecule has 126 valence electrons. The molecule has 3 N–H and O–H groups in total. The largest absolute Gasteiger partial charge is 0.480 e. The van der Waals surface area contributed by atoms with Crippen molar-refractivity contribution in [1.29, 1.82) is 0 Å². The fourth-order valence-corrected chi connectivity index (χ4v) is 1.57. The third-order valence-corrected chi connectivity index (χ3v) is 2.59. The average molecular weight is 343 g/mol. The van der Waals surface area contributed by atoms with E-state index in [4.69, 9.17) is 10.2 Å². The van der Waals surface area contributed by atoms with Crippen molar-refractivity contribution in [1.82, 2.24) is 5.32 Å². The van der Waals surface area contributed by atoms with Crippen LogP contribution in [0.4, 0.5) is 0 Å². The molecule has 0 heterocycles. The van der Waals surface area contributed by atoms with E-state index in [1.807, 2.05) is 0 Å². The molecule has 0 aromatic heterocycles. The minimum absolute atomic E-state index is 0.0160. The fourth-order valence-electron chi connectivity index (χ4n) is 1.32. The Kier molecular flexibility index (Phi) is 9.09. The van der Waals surface area contributed by atoms with Crippen LogP contribution in [0.15, 0.2) is 24.3 Å². The number of carbonyl (C=O) groups is 4. The Balaban J connectivity index is 0.000000438. The number of aliphatic carboxylic acids is 1. The number of thiol groups is 1. The minimum atomic E-state index is -1.11. The first kappa shape index (κ1) is 20.5. The number of ether oxygens (including phenoxy) is 1. The lowest BCUT2D eigenvalue weighted by molar-refractivity contribution is -0.140. The molecule has 0 fully saturated rings. The number of nitrogens with one attached hydrogen (secondary N) is 1. The Morgan fingerprint density at radius 3 is 2.09 bits per heavy atom. The van der Waals surface area contributed by atoms with Gasteiger partial charge in [-0.1, -0.05) is 12.1 Å². The molecule has 0 unspecified atom stereocenters. The van der Waals surface area contributed by atoms with Crippen LogP contribution in [0.1, 0.15) is 24.2 Å². The topological polar surface area (TPSA) is 130 Å². The standard InChI is InChI=1S/C9H8O4.C5H9NO3S/c1-6(10)13-8-5-3-2-4-7(8)9(11)12;1-3(7)6-4(2-10)5(8)9/h2-5H,1H3,(H,11,12);4,10H,2H2,1H3,(H,6,7)(H,8,9)/t;4-/m.0/s1. The van der Waals surface area contributed by atoms with Gasteiger partial charge in [0, 0.05) is 19.6 Å². The lowest BCUT2D eigenvalue weighted by Crippen LogP contribution is -2.40. The van der Waals surface area contributed by atoms with E-state index in [0.717, 1.165) is 0 Å². The molecule has 0 aliphatic heterocycles. The molecule has 1 amide bonds. The van der Waals surface area contributed by atoms with Crippen LogP contribution in [-0.4, -0.2) is 45.8 Å². The van der Waals surface area contributed by atoms with Crippen LogP contribution in [0.5, 0.6) is 5.75 Å². The van der Waals surface area contributed by atoms with E-state index in [9.17, 15) is 19.2 Å². The highest BCUT2D eigenvalue weighted by molar-refractivity contribution is 7.80. The van der Waals surface area contributed by atoms with Crippen LogP contribution >= 0.6 is 12.6 Å². The van der Waals surface area contributed by atoms with Crippen molar-refractivity contribution in [2.45, 2.75) is 19.9 Å². The zero-order valence-electron chi connectivity index (χ0n) is 12.5. The summed E-state index contributed by atoms with van der Waals surface area (Å²) in [7, 11) is 0. The van der Waals surface area contributed by atoms with Crippen LogP contribution in [-0.2, 0) is 14.4 Å². The highest BCUT2D eigenvalue weighted by atomic mass is 32.1. The second kappa shape index (κ2) is 10.2. The van der Waals surface area contributed by atoms with Crippen molar-refractivity contribution >= 4 is 36.4 Å². The van der Waals surface area contributed by atoms with Crippen LogP contribution in [0, 0.1) is 0 Å². The smallest absolute Gasteiger partial charge is 0.339 e. The number of para-hydroxylation sites is 1. The predicted molar refractivity (Wildman–Crippen MR) is 83.8 cm³/mol. The third-order valence-electron chi connectivity index (χ3n) is 2.23. The number of hydrogen-bond acceptors (Lipinski definition) is 6. The Bertz CT molecular complexity index is 588. The highest BCUT2D eigenvalue weighted by Crippen LogP contribution is 2.17. The van der Waals surface area contributed by atoms with Crippen molar-refractivity contribution in [2.75, 3.05) is 5.75 Å². The molecule has 1 aromatic rings. The van der Waals surface area contributed by atoms with E-state index in [0.29, 0.717) is 0 Å². The van der Waals surface area contributed by atoms with Crippen LogP contribution in [0.3, 0.4) is 0 Å². The zero-order valence-corrected chi connectivity index (χ0v) is 13.4. The van der Waals surface area contributed by atoms with Gasteiger partial charge in [-0.15, -0.1) is 0 Å². The molecular formula is C14H17NO7S. The van der Waals surface area contributed by atoms with Gasteiger partial charge in [0.2, 0.25) is 5.91 Å². The van der Waals surface area contributed by atoms with E-state index < -0.39 is 23.9 Å². The van der Waals surface area contributed by atoms with Gasteiger partial charge < -0.3 is 20.3 Å². The lowest BCUT2D eigenvalue weighted by atomic mass is 10.2. The molecule has 0 saturated heterocycles. The number of carboxylic acids is 2. The van der Waals surface area contributed by atoms with Crippen molar-refractivity contribution in [3.05, 3.63) is 29.8 Å². The minimum Gasteiger partial charge on any atom is -0.480 e. The maximum absolute atomic E-state index is 10.6. The summed E-state index contributed by atoms with van der Waals surface area (Å²) < 4.78 is 4.69. The van der Waals surface area contributed by atoms with Crippen molar-refractivity contribution in [2.24, 2.45) is 0 Å². The molecule has 1 rings (SSSR count). The summed E-state index contributed by atoms with van der Waals surface area (Å²) in [5.41, 5.74) is -0.0160. The van der Waals surface area contributed by atoms with Gasteiger partial charge in [-0.05, 0) is 12.1 Å². The van der Waals surface area contributed by atoms with Crippen LogP contribution in [0.2, 0.25) is 0 Å². The Morgan fingerprint density at radius 1 is 1.17 bits per heavy atom. The van der Waals surface area contributed by atoms with Crippen LogP contribution in [0.25, 0.3) is 0 Å². The molecule has 8 nitrogen and oxygen atoms in total. The van der Waals surface area contributed by atoms with Gasteiger partial charge in [0.1, 0.15) is 17.4 Å². The molecule has 9 heteroatoms. The third kappa shape index (κ3) is 8.47. The predicted octanol–water partition coefficient (Wildman–Crippen LogP) is 0.816. The maximum Gasteiger partial charge on any atom is 0.339 e. The summed E-state index contributed by atoms with van der Waals surface area (Å²) in [5.74, 6) is -2.89. The van der Waals surface area contributed by atoms with E-state index in [1.165, 1.54) is 26.0 Å². The summed E-state index contributed by atoms with van der Waals surface area (Å²) in [6, 6.07) is 5.10. The summed E-state index contributed by atoms with van der Waals surface area (Å²) in [6.07, 6.45) is 0. The SMILES string of the molecule is CC(=O)N[C@@H](CS)C(=O)O.CC(=O)Oc1ccccc1C(=O)O. The van der Waals surface area contributed by atoms with E-state index in [-0.39, 0.29) is 23.0 Å². The second-order valence-corrected chi connectivity index (χ2v) is 4.53. The molecular weight excluding hydrogens is 326 g/mol. The number of benzene rings is 1. The molecule has 23 heavy (non-hydrogen) atoms. The highest BCUT2D eigenvalue weighted by Gasteiger charge is 2.15. The molecule has 0 aliphatic rings. The monoisotopic (exact) mass is 343 g/mol. The van der Waals surface area contributed by atoms with Gasteiger partial charge in [0.25, 0.3) is 0 Å². The number of carbonyl (C=O) groups excluding carboxylic acids is 2. The van der Waals surface area contributed by atoms with Crippen molar-refractivity contribution in [3.8, 4) is 5.75 Å². The molecule has 1 aromatic carbocycles. The number of aromatic carboxylic acids is 1. The molecule has 1 atom stereocenters. The van der Waals surface area contributed by atoms with E-state index >= 15 is 0 Å². The summed E-state index contributed by atoms with van der Waals surface area (Å²) in [6.45, 7) is 2.48. The summed E-state index contributed by atoms with van der Waals surface area (Å²) >= 11 is 3.73. The number of rotatable bonds is 5. The van der Waals surface area contributed by atoms with Gasteiger partial charge in [-0.25, -0.2) is 9.59 Å². The quantitative estimate of drug-likeness (QED) is 0.354. The molecule has 0 radical (unpaired) electrons. The fraction of sp³-hybridized carbons (Fsp3) is 0.286. The van der Waals surface area contributed by atoms with E-state index in [2.05, 4.69) is 22.7 Å². The Labute approximate surface area is 137 Å². The van der Waals surface area contributed by atoms with Crippen molar-refractivity contribution in [3.63, 3.8) is 0 Å². The van der Waals surface area contributed by atoms with Crippen LogP contribution < -0.4 is 10.1 Å². The zero-order chi connectivity index (χ0) is 18.0. The van der Waals surface area contributed by atoms with Gasteiger partial charge in [-0.2, -0.15) is 12.6 Å². The first-order valence-electron chi connectivity index (χ1n) is 6.30. The second-order valence-electron chi connectivity index (χ2n) is 4.17. The average Bonchev–Trinajstić information content (AvgIpc) is 2.44. The molecule has 0 saturated carbocycles. The Morgan fingerprint density at radius 2 is 1.74 bits per heavy atom. The number of amides is 1. The first-order valence-corrected chi connectivity index (χ1v) is 6.93.